The lowest BCUT2D eigenvalue weighted by molar-refractivity contribution is 0.0964. The number of rotatable bonds is 4. The Bertz CT molecular complexity index is 908. The van der Waals surface area contributed by atoms with Crippen molar-refractivity contribution >= 4 is 5.78 Å². The molecule has 0 aliphatic heterocycles. The summed E-state index contributed by atoms with van der Waals surface area (Å²) in [5.41, 5.74) is 3.26. The summed E-state index contributed by atoms with van der Waals surface area (Å²) in [5.74, 6) is -0.594. The maximum absolute atomic E-state index is 12.4. The molecule has 3 rings (SSSR count). The van der Waals surface area contributed by atoms with Crippen molar-refractivity contribution in [2.24, 2.45) is 0 Å². The lowest BCUT2D eigenvalue weighted by Gasteiger charge is -2.05. The van der Waals surface area contributed by atoms with Gasteiger partial charge in [-0.1, -0.05) is 42.0 Å². The van der Waals surface area contributed by atoms with E-state index in [1.807, 2.05) is 44.2 Å². The molecule has 2 aromatic carbocycles. The number of carbonyl (C=O) groups is 1. The standard InChI is InChI=1S/C18H16N2O3/c1-12-8-9-15(13(2)10-12)16(21)11-20-18(22)23-17(19-20)14-6-4-3-5-7-14/h3-10H,11H2,1-2H3. The molecule has 0 radical (unpaired) electrons. The van der Waals surface area contributed by atoms with Gasteiger partial charge in [0.1, 0.15) is 6.54 Å². The number of carbonyl (C=O) groups excluding carboxylic acids is 1. The van der Waals surface area contributed by atoms with Crippen LogP contribution in [-0.2, 0) is 6.54 Å². The van der Waals surface area contributed by atoms with Crippen molar-refractivity contribution < 1.29 is 9.21 Å². The van der Waals surface area contributed by atoms with Gasteiger partial charge in [-0.2, -0.15) is 4.68 Å². The highest BCUT2D eigenvalue weighted by molar-refractivity contribution is 5.97. The largest absolute Gasteiger partial charge is 0.437 e. The highest BCUT2D eigenvalue weighted by Gasteiger charge is 2.15. The van der Waals surface area contributed by atoms with Gasteiger partial charge >= 0.3 is 5.76 Å². The zero-order chi connectivity index (χ0) is 16.4. The Kier molecular flexibility index (Phi) is 3.93. The average molecular weight is 308 g/mol. The average Bonchev–Trinajstić information content (AvgIpc) is 2.89. The van der Waals surface area contributed by atoms with Crippen molar-refractivity contribution in [1.82, 2.24) is 9.78 Å². The van der Waals surface area contributed by atoms with E-state index in [0.29, 0.717) is 11.1 Å². The molecule has 5 nitrogen and oxygen atoms in total. The second kappa shape index (κ2) is 6.04. The van der Waals surface area contributed by atoms with Crippen molar-refractivity contribution in [3.05, 3.63) is 75.8 Å². The van der Waals surface area contributed by atoms with E-state index in [0.717, 1.165) is 15.8 Å². The van der Waals surface area contributed by atoms with Crippen LogP contribution in [0.5, 0.6) is 0 Å². The lowest BCUT2D eigenvalue weighted by Crippen LogP contribution is -2.22. The van der Waals surface area contributed by atoms with Gasteiger partial charge in [0, 0.05) is 11.1 Å². The summed E-state index contributed by atoms with van der Waals surface area (Å²) in [5, 5.41) is 4.11. The van der Waals surface area contributed by atoms with Crippen molar-refractivity contribution in [2.75, 3.05) is 0 Å². The van der Waals surface area contributed by atoms with Gasteiger partial charge < -0.3 is 4.42 Å². The molecule has 0 fully saturated rings. The fourth-order valence-corrected chi connectivity index (χ4v) is 2.45. The number of hydrogen-bond acceptors (Lipinski definition) is 4. The minimum absolute atomic E-state index is 0.140. The van der Waals surface area contributed by atoms with Crippen LogP contribution in [-0.4, -0.2) is 15.6 Å². The summed E-state index contributed by atoms with van der Waals surface area (Å²) in [6.45, 7) is 3.70. The molecule has 0 saturated heterocycles. The normalized spacial score (nSPS) is 10.7. The molecule has 23 heavy (non-hydrogen) atoms. The van der Waals surface area contributed by atoms with Crippen LogP contribution in [0.15, 0.2) is 57.7 Å². The van der Waals surface area contributed by atoms with Crippen LogP contribution in [0.25, 0.3) is 11.5 Å². The molecule has 0 bridgehead atoms. The first-order valence-electron chi connectivity index (χ1n) is 7.28. The van der Waals surface area contributed by atoms with Crippen molar-refractivity contribution in [3.8, 4) is 11.5 Å². The van der Waals surface area contributed by atoms with Crippen LogP contribution in [0, 0.1) is 13.8 Å². The molecule has 3 aromatic rings. The van der Waals surface area contributed by atoms with Gasteiger partial charge in [0.25, 0.3) is 0 Å². The van der Waals surface area contributed by atoms with Crippen LogP contribution in [0.4, 0.5) is 0 Å². The van der Waals surface area contributed by atoms with E-state index >= 15 is 0 Å². The van der Waals surface area contributed by atoms with Crippen LogP contribution < -0.4 is 5.76 Å². The Morgan fingerprint density at radius 1 is 1.13 bits per heavy atom. The Hall–Kier alpha value is -2.95. The zero-order valence-corrected chi connectivity index (χ0v) is 12.9. The molecule has 0 N–H and O–H groups in total. The summed E-state index contributed by atoms with van der Waals surface area (Å²) in [6.07, 6.45) is 0. The molecule has 0 spiro atoms. The number of benzene rings is 2. The third kappa shape index (κ3) is 3.13. The van der Waals surface area contributed by atoms with E-state index in [1.54, 1.807) is 18.2 Å². The maximum atomic E-state index is 12.4. The van der Waals surface area contributed by atoms with E-state index in [-0.39, 0.29) is 18.2 Å². The molecule has 116 valence electrons. The van der Waals surface area contributed by atoms with Gasteiger partial charge in [0.15, 0.2) is 5.78 Å². The quantitative estimate of drug-likeness (QED) is 0.695. The van der Waals surface area contributed by atoms with Gasteiger partial charge in [-0.15, -0.1) is 5.10 Å². The van der Waals surface area contributed by atoms with Crippen LogP contribution in [0.3, 0.4) is 0 Å². The molecule has 0 aliphatic carbocycles. The molecule has 0 saturated carbocycles. The summed E-state index contributed by atoms with van der Waals surface area (Å²) in [6, 6.07) is 14.7. The van der Waals surface area contributed by atoms with E-state index in [2.05, 4.69) is 5.10 Å². The highest BCUT2D eigenvalue weighted by Crippen LogP contribution is 2.15. The third-order valence-corrected chi connectivity index (χ3v) is 3.60. The van der Waals surface area contributed by atoms with E-state index in [1.165, 1.54) is 0 Å². The lowest BCUT2D eigenvalue weighted by atomic mass is 10.0. The molecule has 0 unspecified atom stereocenters. The summed E-state index contributed by atoms with van der Waals surface area (Å²) < 4.78 is 6.19. The first-order valence-corrected chi connectivity index (χ1v) is 7.28. The molecule has 0 amide bonds. The smallest absolute Gasteiger partial charge is 0.388 e. The molecular formula is C18H16N2O3. The van der Waals surface area contributed by atoms with Crippen molar-refractivity contribution in [1.29, 1.82) is 0 Å². The molecule has 1 aromatic heterocycles. The highest BCUT2D eigenvalue weighted by atomic mass is 16.4. The fourth-order valence-electron chi connectivity index (χ4n) is 2.45. The van der Waals surface area contributed by atoms with E-state index < -0.39 is 5.76 Å². The Morgan fingerprint density at radius 2 is 1.87 bits per heavy atom. The fraction of sp³-hybridized carbons (Fsp3) is 0.167. The van der Waals surface area contributed by atoms with Crippen LogP contribution in [0.2, 0.25) is 0 Å². The second-order valence-electron chi connectivity index (χ2n) is 5.44. The van der Waals surface area contributed by atoms with Gasteiger partial charge in [-0.25, -0.2) is 4.79 Å². The van der Waals surface area contributed by atoms with Crippen LogP contribution >= 0.6 is 0 Å². The summed E-state index contributed by atoms with van der Waals surface area (Å²) in [4.78, 5) is 24.3. The molecule has 0 aliphatic rings. The predicted molar refractivity (Wildman–Crippen MR) is 86.4 cm³/mol. The number of ketones is 1. The first kappa shape index (κ1) is 15.0. The van der Waals surface area contributed by atoms with Crippen molar-refractivity contribution in [3.63, 3.8) is 0 Å². The third-order valence-electron chi connectivity index (χ3n) is 3.60. The molecular weight excluding hydrogens is 292 g/mol. The first-order chi connectivity index (χ1) is 11.0. The molecule has 0 atom stereocenters. The number of hydrogen-bond donors (Lipinski definition) is 0. The van der Waals surface area contributed by atoms with Gasteiger partial charge in [0.05, 0.1) is 0 Å². The summed E-state index contributed by atoms with van der Waals surface area (Å²) >= 11 is 0. The monoisotopic (exact) mass is 308 g/mol. The van der Waals surface area contributed by atoms with Gasteiger partial charge in [-0.3, -0.25) is 4.79 Å². The van der Waals surface area contributed by atoms with Crippen LogP contribution in [0.1, 0.15) is 21.5 Å². The van der Waals surface area contributed by atoms with Crippen molar-refractivity contribution in [2.45, 2.75) is 20.4 Å². The minimum Gasteiger partial charge on any atom is -0.388 e. The Labute approximate surface area is 133 Å². The Balaban J connectivity index is 1.87. The Morgan fingerprint density at radius 3 is 2.57 bits per heavy atom. The van der Waals surface area contributed by atoms with E-state index in [4.69, 9.17) is 4.42 Å². The molecule has 5 heteroatoms. The van der Waals surface area contributed by atoms with Gasteiger partial charge in [-0.05, 0) is 31.5 Å². The summed E-state index contributed by atoms with van der Waals surface area (Å²) in [7, 11) is 0. The molecule has 1 heterocycles. The van der Waals surface area contributed by atoms with Gasteiger partial charge in [0.2, 0.25) is 5.89 Å². The number of aromatic nitrogens is 2. The minimum atomic E-state index is -0.637. The van der Waals surface area contributed by atoms with E-state index in [9.17, 15) is 9.59 Å². The maximum Gasteiger partial charge on any atom is 0.437 e. The number of Topliss-reactive ketones (excluding diaryl/α,β-unsaturated/α-hetero) is 1. The predicted octanol–water partition coefficient (Wildman–Crippen LogP) is 3.00. The topological polar surface area (TPSA) is 65.1 Å². The number of aryl methyl sites for hydroxylation is 2. The number of nitrogens with zero attached hydrogens (tertiary/aromatic N) is 2. The second-order valence-corrected chi connectivity index (χ2v) is 5.44. The SMILES string of the molecule is Cc1ccc(C(=O)Cn2nc(-c3ccccc3)oc2=O)c(C)c1. The zero-order valence-electron chi connectivity index (χ0n) is 12.9.